The zero-order valence-electron chi connectivity index (χ0n) is 19.3. The second-order valence-corrected chi connectivity index (χ2v) is 8.41. The number of nitrogens with zero attached hydrogens (tertiary/aromatic N) is 3. The van der Waals surface area contributed by atoms with E-state index in [0.29, 0.717) is 12.0 Å². The molecule has 2 aromatic rings. The fraction of sp³-hybridized carbons (Fsp3) is 0.440. The van der Waals surface area contributed by atoms with Gasteiger partial charge in [0.15, 0.2) is 5.96 Å². The van der Waals surface area contributed by atoms with Crippen molar-refractivity contribution in [2.24, 2.45) is 4.99 Å². The summed E-state index contributed by atoms with van der Waals surface area (Å²) in [6, 6.07) is 21.4. The zero-order valence-corrected chi connectivity index (χ0v) is 21.7. The van der Waals surface area contributed by atoms with E-state index in [-0.39, 0.29) is 42.5 Å². The molecule has 2 aromatic carbocycles. The lowest BCUT2D eigenvalue weighted by Gasteiger charge is -2.33. The molecule has 0 radical (unpaired) electrons. The van der Waals surface area contributed by atoms with Crippen molar-refractivity contribution in [2.75, 3.05) is 33.7 Å². The summed E-state index contributed by atoms with van der Waals surface area (Å²) < 4.78 is 0. The summed E-state index contributed by atoms with van der Waals surface area (Å²) >= 11 is 0. The number of carbonyl (C=O) groups is 1. The Balaban J connectivity index is 0.00000363. The van der Waals surface area contributed by atoms with Gasteiger partial charge in [0.25, 0.3) is 0 Å². The van der Waals surface area contributed by atoms with Crippen molar-refractivity contribution >= 4 is 35.8 Å². The van der Waals surface area contributed by atoms with Gasteiger partial charge in [-0.15, -0.1) is 24.0 Å². The van der Waals surface area contributed by atoms with Crippen LogP contribution < -0.4 is 10.6 Å². The number of halogens is 1. The van der Waals surface area contributed by atoms with E-state index in [1.807, 2.05) is 18.2 Å². The SMILES string of the molecule is CC(NC(=NCC(=O)N(C)C)NC1CCN(Cc2ccccc2)CC1)c1ccccc1.I. The van der Waals surface area contributed by atoms with Crippen LogP contribution >= 0.6 is 24.0 Å². The molecule has 6 nitrogen and oxygen atoms in total. The van der Waals surface area contributed by atoms with Gasteiger partial charge in [-0.3, -0.25) is 9.69 Å². The van der Waals surface area contributed by atoms with E-state index in [1.165, 1.54) is 11.1 Å². The molecule has 174 valence electrons. The Labute approximate surface area is 209 Å². The number of likely N-dealkylation sites (tertiary alicyclic amines) is 1. The largest absolute Gasteiger partial charge is 0.354 e. The van der Waals surface area contributed by atoms with Crippen LogP contribution in [0.3, 0.4) is 0 Å². The van der Waals surface area contributed by atoms with Gasteiger partial charge >= 0.3 is 0 Å². The van der Waals surface area contributed by atoms with Crippen molar-refractivity contribution in [1.29, 1.82) is 0 Å². The molecular formula is C25H36IN5O. The van der Waals surface area contributed by atoms with E-state index in [1.54, 1.807) is 19.0 Å². The smallest absolute Gasteiger partial charge is 0.243 e. The standard InChI is InChI=1S/C25H35N5O.HI/c1-20(22-12-8-5-9-13-22)27-25(26-18-24(31)29(2)3)28-23-14-16-30(17-15-23)19-21-10-6-4-7-11-21;/h4-13,20,23H,14-19H2,1-3H3,(H2,26,27,28);1H. The second-order valence-electron chi connectivity index (χ2n) is 8.41. The minimum Gasteiger partial charge on any atom is -0.354 e. The number of likely N-dealkylation sites (N-methyl/N-ethyl adjacent to an activating group) is 1. The number of rotatable bonds is 7. The summed E-state index contributed by atoms with van der Waals surface area (Å²) in [5, 5.41) is 7.06. The molecule has 1 atom stereocenters. The molecule has 0 spiro atoms. The topological polar surface area (TPSA) is 60.0 Å². The molecule has 32 heavy (non-hydrogen) atoms. The highest BCUT2D eigenvalue weighted by Crippen LogP contribution is 2.15. The van der Waals surface area contributed by atoms with Crippen LogP contribution in [0.4, 0.5) is 0 Å². The number of benzene rings is 2. The lowest BCUT2D eigenvalue weighted by molar-refractivity contribution is -0.127. The molecule has 3 rings (SSSR count). The monoisotopic (exact) mass is 549 g/mol. The third-order valence-corrected chi connectivity index (χ3v) is 5.70. The Morgan fingerprint density at radius 2 is 1.66 bits per heavy atom. The van der Waals surface area contributed by atoms with Crippen LogP contribution in [0.5, 0.6) is 0 Å². The first kappa shape index (κ1) is 26.1. The van der Waals surface area contributed by atoms with Crippen molar-refractivity contribution < 1.29 is 4.79 Å². The first-order chi connectivity index (χ1) is 15.0. The van der Waals surface area contributed by atoms with Gasteiger partial charge in [0.05, 0.1) is 6.04 Å². The van der Waals surface area contributed by atoms with Gasteiger partial charge < -0.3 is 15.5 Å². The van der Waals surface area contributed by atoms with Gasteiger partial charge in [-0.25, -0.2) is 4.99 Å². The van der Waals surface area contributed by atoms with Crippen LogP contribution in [0.15, 0.2) is 65.7 Å². The Bertz CT molecular complexity index is 836. The van der Waals surface area contributed by atoms with Gasteiger partial charge in [0.1, 0.15) is 6.54 Å². The highest BCUT2D eigenvalue weighted by atomic mass is 127. The number of guanidine groups is 1. The summed E-state index contributed by atoms with van der Waals surface area (Å²) in [5.74, 6) is 0.694. The van der Waals surface area contributed by atoms with Crippen LogP contribution in [0.25, 0.3) is 0 Å². The molecule has 1 fully saturated rings. The maximum Gasteiger partial charge on any atom is 0.243 e. The fourth-order valence-corrected chi connectivity index (χ4v) is 3.72. The predicted molar refractivity (Wildman–Crippen MR) is 142 cm³/mol. The minimum absolute atomic E-state index is 0. The van der Waals surface area contributed by atoms with Crippen molar-refractivity contribution in [3.63, 3.8) is 0 Å². The third kappa shape index (κ3) is 8.43. The van der Waals surface area contributed by atoms with E-state index in [4.69, 9.17) is 0 Å². The second kappa shape index (κ2) is 13.4. The summed E-state index contributed by atoms with van der Waals surface area (Å²) in [6.45, 7) is 5.34. The van der Waals surface area contributed by atoms with Crippen LogP contribution in [-0.4, -0.2) is 61.4 Å². The molecule has 7 heteroatoms. The van der Waals surface area contributed by atoms with Crippen molar-refractivity contribution in [2.45, 2.75) is 38.4 Å². The normalized spacial score (nSPS) is 16.0. The first-order valence-electron chi connectivity index (χ1n) is 11.1. The molecule has 1 saturated heterocycles. The molecule has 2 N–H and O–H groups in total. The number of hydrogen-bond donors (Lipinski definition) is 2. The van der Waals surface area contributed by atoms with Gasteiger partial charge in [-0.2, -0.15) is 0 Å². The van der Waals surface area contributed by atoms with Gasteiger partial charge in [0.2, 0.25) is 5.91 Å². The van der Waals surface area contributed by atoms with Gasteiger partial charge in [0, 0.05) is 39.8 Å². The number of nitrogens with one attached hydrogen (secondary N) is 2. The summed E-state index contributed by atoms with van der Waals surface area (Å²) in [6.07, 6.45) is 2.10. The Hall–Kier alpha value is -2.13. The predicted octanol–water partition coefficient (Wildman–Crippen LogP) is 3.65. The fourth-order valence-electron chi connectivity index (χ4n) is 3.72. The molecule has 1 heterocycles. The van der Waals surface area contributed by atoms with E-state index in [0.717, 1.165) is 32.5 Å². The van der Waals surface area contributed by atoms with Gasteiger partial charge in [-0.1, -0.05) is 60.7 Å². The number of carbonyl (C=O) groups excluding carboxylic acids is 1. The average molecular weight is 550 g/mol. The van der Waals surface area contributed by atoms with E-state index < -0.39 is 0 Å². The highest BCUT2D eigenvalue weighted by Gasteiger charge is 2.21. The molecule has 1 amide bonds. The zero-order chi connectivity index (χ0) is 22.1. The lowest BCUT2D eigenvalue weighted by Crippen LogP contribution is -2.49. The maximum atomic E-state index is 12.1. The molecule has 1 unspecified atom stereocenters. The van der Waals surface area contributed by atoms with Crippen LogP contribution in [0.1, 0.15) is 36.9 Å². The Morgan fingerprint density at radius 1 is 1.06 bits per heavy atom. The molecule has 1 aliphatic rings. The number of aliphatic imine (C=N–C) groups is 1. The minimum atomic E-state index is -0.00820. The van der Waals surface area contributed by atoms with E-state index in [9.17, 15) is 4.79 Å². The molecule has 0 aliphatic carbocycles. The number of amides is 1. The highest BCUT2D eigenvalue weighted by molar-refractivity contribution is 14.0. The quantitative estimate of drug-likeness (QED) is 0.315. The maximum absolute atomic E-state index is 12.1. The number of hydrogen-bond acceptors (Lipinski definition) is 3. The lowest BCUT2D eigenvalue weighted by atomic mass is 10.0. The Kier molecular flexibility index (Phi) is 11.0. The van der Waals surface area contributed by atoms with Crippen molar-refractivity contribution in [3.05, 3.63) is 71.8 Å². The third-order valence-electron chi connectivity index (χ3n) is 5.70. The molecule has 1 aliphatic heterocycles. The average Bonchev–Trinajstić information content (AvgIpc) is 2.79. The summed E-state index contributed by atoms with van der Waals surface area (Å²) in [7, 11) is 3.51. The molecule has 0 saturated carbocycles. The van der Waals surface area contributed by atoms with Crippen molar-refractivity contribution in [1.82, 2.24) is 20.4 Å². The van der Waals surface area contributed by atoms with Crippen molar-refractivity contribution in [3.8, 4) is 0 Å². The molecule has 0 aromatic heterocycles. The summed E-state index contributed by atoms with van der Waals surface area (Å²) in [4.78, 5) is 20.7. The van der Waals surface area contributed by atoms with Gasteiger partial charge in [-0.05, 0) is 30.9 Å². The number of piperidine rings is 1. The molecule has 0 bridgehead atoms. The van der Waals surface area contributed by atoms with Crippen LogP contribution in [-0.2, 0) is 11.3 Å². The van der Waals surface area contributed by atoms with Crippen LogP contribution in [0.2, 0.25) is 0 Å². The molecular weight excluding hydrogens is 513 g/mol. The van der Waals surface area contributed by atoms with E-state index >= 15 is 0 Å². The Morgan fingerprint density at radius 3 is 2.25 bits per heavy atom. The van der Waals surface area contributed by atoms with Crippen LogP contribution in [0, 0.1) is 0 Å². The van der Waals surface area contributed by atoms with E-state index in [2.05, 4.69) is 69.9 Å². The summed E-state index contributed by atoms with van der Waals surface area (Å²) in [5.41, 5.74) is 2.55. The first-order valence-corrected chi connectivity index (χ1v) is 11.1.